The van der Waals surface area contributed by atoms with Crippen molar-refractivity contribution in [1.29, 1.82) is 0 Å². The van der Waals surface area contributed by atoms with Crippen LogP contribution in [0.2, 0.25) is 0 Å². The number of aromatic nitrogens is 1. The average Bonchev–Trinajstić information content (AvgIpc) is 2.84. The van der Waals surface area contributed by atoms with E-state index in [0.29, 0.717) is 12.1 Å². The largest absolute Gasteiger partial charge is 0.418 e. The van der Waals surface area contributed by atoms with Crippen LogP contribution in [0.4, 0.5) is 13.2 Å². The zero-order chi connectivity index (χ0) is 15.6. The van der Waals surface area contributed by atoms with Crippen LogP contribution in [-0.2, 0) is 12.7 Å². The molecule has 1 aliphatic rings. The van der Waals surface area contributed by atoms with Gasteiger partial charge in [-0.05, 0) is 36.9 Å². The summed E-state index contributed by atoms with van der Waals surface area (Å²) in [7, 11) is 0. The Morgan fingerprint density at radius 1 is 1.43 bits per heavy atom. The third-order valence-electron chi connectivity index (χ3n) is 3.92. The van der Waals surface area contributed by atoms with Crippen LogP contribution in [0.15, 0.2) is 12.3 Å². The molecule has 1 aromatic rings. The summed E-state index contributed by atoms with van der Waals surface area (Å²) in [5.41, 5.74) is -0.00630. The van der Waals surface area contributed by atoms with Gasteiger partial charge >= 0.3 is 6.18 Å². The summed E-state index contributed by atoms with van der Waals surface area (Å²) >= 11 is 0. The van der Waals surface area contributed by atoms with E-state index in [9.17, 15) is 18.3 Å². The van der Waals surface area contributed by atoms with Crippen molar-refractivity contribution in [3.63, 3.8) is 0 Å². The number of nitrogens with zero attached hydrogens (tertiary/aromatic N) is 2. The standard InChI is InChI=1S/C15H21F3N2O/c1-10(2)14-13(15(16,17)18)6-11(7-19-14)8-20-5-3-4-12(20)9-21/h6-7,10,12,21H,3-5,8-9H2,1-2H3/t12-/m1/s1. The zero-order valence-electron chi connectivity index (χ0n) is 12.3. The molecule has 0 radical (unpaired) electrons. The van der Waals surface area contributed by atoms with Gasteiger partial charge in [0.1, 0.15) is 0 Å². The minimum atomic E-state index is -4.38. The first kappa shape index (κ1) is 16.2. The number of likely N-dealkylation sites (tertiary alicyclic amines) is 1. The summed E-state index contributed by atoms with van der Waals surface area (Å²) < 4.78 is 39.5. The minimum absolute atomic E-state index is 0.0453. The Kier molecular flexibility index (Phi) is 4.88. The molecule has 3 nitrogen and oxygen atoms in total. The van der Waals surface area contributed by atoms with Crippen molar-refractivity contribution in [3.05, 3.63) is 29.1 Å². The van der Waals surface area contributed by atoms with Crippen LogP contribution in [-0.4, -0.2) is 34.2 Å². The van der Waals surface area contributed by atoms with Crippen LogP contribution in [0.25, 0.3) is 0 Å². The van der Waals surface area contributed by atoms with Crippen molar-refractivity contribution < 1.29 is 18.3 Å². The molecule has 1 aromatic heterocycles. The van der Waals surface area contributed by atoms with Crippen molar-refractivity contribution in [2.75, 3.05) is 13.2 Å². The number of aliphatic hydroxyl groups excluding tert-OH is 1. The maximum Gasteiger partial charge on any atom is 0.418 e. The third kappa shape index (κ3) is 3.74. The van der Waals surface area contributed by atoms with Gasteiger partial charge < -0.3 is 5.11 Å². The van der Waals surface area contributed by atoms with E-state index in [2.05, 4.69) is 4.98 Å². The molecule has 6 heteroatoms. The molecule has 0 unspecified atom stereocenters. The molecule has 0 bridgehead atoms. The summed E-state index contributed by atoms with van der Waals surface area (Å²) in [6.45, 7) is 4.67. The molecule has 0 saturated carbocycles. The molecule has 2 heterocycles. The topological polar surface area (TPSA) is 36.4 Å². The Labute approximate surface area is 122 Å². The van der Waals surface area contributed by atoms with Gasteiger partial charge in [-0.1, -0.05) is 13.8 Å². The Balaban J connectivity index is 2.25. The fraction of sp³-hybridized carbons (Fsp3) is 0.667. The van der Waals surface area contributed by atoms with Crippen LogP contribution < -0.4 is 0 Å². The normalized spacial score (nSPS) is 20.4. The van der Waals surface area contributed by atoms with E-state index in [-0.39, 0.29) is 24.3 Å². The maximum absolute atomic E-state index is 13.2. The van der Waals surface area contributed by atoms with E-state index < -0.39 is 11.7 Å². The Hall–Kier alpha value is -1.14. The lowest BCUT2D eigenvalue weighted by Gasteiger charge is -2.23. The lowest BCUT2D eigenvalue weighted by Crippen LogP contribution is -2.31. The SMILES string of the molecule is CC(C)c1ncc(CN2CCC[C@@H]2CO)cc1C(F)(F)F. The van der Waals surface area contributed by atoms with Crippen LogP contribution in [0.1, 0.15) is 49.4 Å². The van der Waals surface area contributed by atoms with Crippen molar-refractivity contribution in [1.82, 2.24) is 9.88 Å². The van der Waals surface area contributed by atoms with Gasteiger partial charge in [0.25, 0.3) is 0 Å². The predicted octanol–water partition coefficient (Wildman–Crippen LogP) is 3.18. The van der Waals surface area contributed by atoms with Crippen LogP contribution in [0.3, 0.4) is 0 Å². The molecule has 2 rings (SSSR count). The lowest BCUT2D eigenvalue weighted by atomic mass is 10.0. The molecule has 0 aliphatic carbocycles. The van der Waals surface area contributed by atoms with Gasteiger partial charge in [0.05, 0.1) is 17.9 Å². The van der Waals surface area contributed by atoms with E-state index >= 15 is 0 Å². The highest BCUT2D eigenvalue weighted by Gasteiger charge is 2.35. The van der Waals surface area contributed by atoms with Crippen molar-refractivity contribution in [3.8, 4) is 0 Å². The highest BCUT2D eigenvalue weighted by molar-refractivity contribution is 5.30. The molecular weight excluding hydrogens is 281 g/mol. The van der Waals surface area contributed by atoms with Crippen molar-refractivity contribution in [2.45, 2.75) is 51.4 Å². The number of alkyl halides is 3. The molecule has 1 aliphatic heterocycles. The van der Waals surface area contributed by atoms with E-state index in [0.717, 1.165) is 19.4 Å². The number of halogens is 3. The second-order valence-electron chi connectivity index (χ2n) is 5.88. The first-order valence-corrected chi connectivity index (χ1v) is 7.24. The van der Waals surface area contributed by atoms with Crippen molar-refractivity contribution >= 4 is 0 Å². The van der Waals surface area contributed by atoms with Gasteiger partial charge in [-0.15, -0.1) is 0 Å². The number of hydrogen-bond acceptors (Lipinski definition) is 3. The molecular formula is C15H21F3N2O. The van der Waals surface area contributed by atoms with Crippen LogP contribution in [0, 0.1) is 0 Å². The second kappa shape index (κ2) is 6.32. The summed E-state index contributed by atoms with van der Waals surface area (Å²) in [5, 5.41) is 9.28. The summed E-state index contributed by atoms with van der Waals surface area (Å²) in [5.74, 6) is -0.271. The Morgan fingerprint density at radius 3 is 2.71 bits per heavy atom. The average molecular weight is 302 g/mol. The molecule has 1 fully saturated rings. The van der Waals surface area contributed by atoms with Gasteiger partial charge in [0.15, 0.2) is 0 Å². The van der Waals surface area contributed by atoms with Gasteiger partial charge in [-0.2, -0.15) is 13.2 Å². The first-order chi connectivity index (χ1) is 9.82. The molecule has 0 spiro atoms. The third-order valence-corrected chi connectivity index (χ3v) is 3.92. The molecule has 118 valence electrons. The van der Waals surface area contributed by atoms with E-state index in [4.69, 9.17) is 0 Å². The second-order valence-corrected chi connectivity index (χ2v) is 5.88. The highest BCUT2D eigenvalue weighted by Crippen LogP contribution is 2.35. The summed E-state index contributed by atoms with van der Waals surface area (Å²) in [4.78, 5) is 6.05. The van der Waals surface area contributed by atoms with E-state index in [1.54, 1.807) is 13.8 Å². The number of hydrogen-bond donors (Lipinski definition) is 1. The quantitative estimate of drug-likeness (QED) is 0.928. The van der Waals surface area contributed by atoms with Gasteiger partial charge in [0, 0.05) is 18.8 Å². The fourth-order valence-electron chi connectivity index (χ4n) is 2.84. The van der Waals surface area contributed by atoms with Crippen LogP contribution in [0.5, 0.6) is 0 Å². The number of aliphatic hydroxyl groups is 1. The molecule has 1 saturated heterocycles. The Bertz CT molecular complexity index is 488. The molecule has 0 amide bonds. The van der Waals surface area contributed by atoms with E-state index in [1.807, 2.05) is 4.90 Å². The molecule has 1 atom stereocenters. The van der Waals surface area contributed by atoms with Gasteiger partial charge in [-0.25, -0.2) is 0 Å². The highest BCUT2D eigenvalue weighted by atomic mass is 19.4. The minimum Gasteiger partial charge on any atom is -0.395 e. The fourth-order valence-corrected chi connectivity index (χ4v) is 2.84. The molecule has 21 heavy (non-hydrogen) atoms. The number of rotatable bonds is 4. The van der Waals surface area contributed by atoms with Crippen LogP contribution >= 0.6 is 0 Å². The van der Waals surface area contributed by atoms with Gasteiger partial charge in [-0.3, -0.25) is 9.88 Å². The zero-order valence-corrected chi connectivity index (χ0v) is 12.3. The summed E-state index contributed by atoms with van der Waals surface area (Å²) in [6, 6.07) is 1.25. The van der Waals surface area contributed by atoms with Crippen molar-refractivity contribution in [2.24, 2.45) is 0 Å². The maximum atomic E-state index is 13.2. The predicted molar refractivity (Wildman–Crippen MR) is 73.8 cm³/mol. The smallest absolute Gasteiger partial charge is 0.395 e. The number of pyridine rings is 1. The van der Waals surface area contributed by atoms with Gasteiger partial charge in [0.2, 0.25) is 0 Å². The Morgan fingerprint density at radius 2 is 2.14 bits per heavy atom. The summed E-state index contributed by atoms with van der Waals surface area (Å²) in [6.07, 6.45) is -1.00. The molecule has 0 aromatic carbocycles. The first-order valence-electron chi connectivity index (χ1n) is 7.24. The molecule has 1 N–H and O–H groups in total. The van der Waals surface area contributed by atoms with E-state index in [1.165, 1.54) is 12.3 Å². The monoisotopic (exact) mass is 302 g/mol. The lowest BCUT2D eigenvalue weighted by molar-refractivity contribution is -0.138.